The van der Waals surface area contributed by atoms with Crippen LogP contribution in [0.5, 0.6) is 0 Å². The van der Waals surface area contributed by atoms with Crippen LogP contribution in [0.25, 0.3) is 0 Å². The number of guanidine groups is 1. The highest BCUT2D eigenvalue weighted by Gasteiger charge is 2.17. The third-order valence-corrected chi connectivity index (χ3v) is 4.79. The molecule has 5 nitrogen and oxygen atoms in total. The molecule has 2 N–H and O–H groups in total. The van der Waals surface area contributed by atoms with E-state index in [1.807, 2.05) is 0 Å². The van der Waals surface area contributed by atoms with Gasteiger partial charge in [0.15, 0.2) is 5.96 Å². The second kappa shape index (κ2) is 12.0. The first-order valence-electron chi connectivity index (χ1n) is 9.56. The molecule has 1 atom stereocenters. The summed E-state index contributed by atoms with van der Waals surface area (Å²) >= 11 is 0. The molecule has 150 valence electrons. The van der Waals surface area contributed by atoms with Gasteiger partial charge in [-0.15, -0.1) is 24.0 Å². The number of benzene rings is 1. The molecule has 2 aromatic rings. The molecule has 0 fully saturated rings. The van der Waals surface area contributed by atoms with Crippen molar-refractivity contribution in [3.05, 3.63) is 52.9 Å². The number of aliphatic imine (C=N–C) groups is 1. The van der Waals surface area contributed by atoms with Crippen LogP contribution < -0.4 is 10.6 Å². The van der Waals surface area contributed by atoms with Gasteiger partial charge in [-0.2, -0.15) is 0 Å². The van der Waals surface area contributed by atoms with Crippen LogP contribution in [-0.4, -0.2) is 24.7 Å². The van der Waals surface area contributed by atoms with Crippen LogP contribution in [0.1, 0.15) is 56.2 Å². The van der Waals surface area contributed by atoms with Crippen LogP contribution in [0.4, 0.5) is 0 Å². The summed E-state index contributed by atoms with van der Waals surface area (Å²) in [5.41, 5.74) is 3.53. The Bertz CT molecular complexity index is 676. The minimum absolute atomic E-state index is 0. The molecular formula is C21H33IN4O. The molecule has 0 radical (unpaired) electrons. The summed E-state index contributed by atoms with van der Waals surface area (Å²) in [4.78, 5) is 4.37. The van der Waals surface area contributed by atoms with Gasteiger partial charge < -0.3 is 15.2 Å². The largest absolute Gasteiger partial charge is 0.361 e. The average Bonchev–Trinajstić information content (AvgIpc) is 3.07. The minimum Gasteiger partial charge on any atom is -0.361 e. The maximum Gasteiger partial charge on any atom is 0.191 e. The van der Waals surface area contributed by atoms with Gasteiger partial charge in [-0.25, -0.2) is 0 Å². The van der Waals surface area contributed by atoms with E-state index in [1.54, 1.807) is 7.05 Å². The van der Waals surface area contributed by atoms with Crippen LogP contribution in [-0.2, 0) is 19.4 Å². The predicted molar refractivity (Wildman–Crippen MR) is 123 cm³/mol. The van der Waals surface area contributed by atoms with Crippen molar-refractivity contribution < 1.29 is 4.52 Å². The van der Waals surface area contributed by atoms with Crippen LogP contribution in [0, 0.1) is 5.92 Å². The molecule has 0 amide bonds. The maximum atomic E-state index is 5.44. The SMILES string of the molecule is CCc1noc(CC)c1CNC(=NC)NCC(c1ccccc1)C(C)C.I. The van der Waals surface area contributed by atoms with Crippen molar-refractivity contribution in [1.29, 1.82) is 0 Å². The second-order valence-electron chi connectivity index (χ2n) is 6.81. The number of nitrogens with one attached hydrogen (secondary N) is 2. The number of aromatic nitrogens is 1. The molecule has 0 aliphatic heterocycles. The summed E-state index contributed by atoms with van der Waals surface area (Å²) in [7, 11) is 1.80. The third-order valence-electron chi connectivity index (χ3n) is 4.79. The van der Waals surface area contributed by atoms with E-state index in [-0.39, 0.29) is 24.0 Å². The molecule has 6 heteroatoms. The number of aryl methyl sites for hydroxylation is 2. The number of nitrogens with zero attached hydrogens (tertiary/aromatic N) is 2. The first kappa shape index (κ1) is 23.5. The van der Waals surface area contributed by atoms with Crippen molar-refractivity contribution in [2.24, 2.45) is 10.9 Å². The zero-order valence-corrected chi connectivity index (χ0v) is 19.4. The first-order chi connectivity index (χ1) is 12.6. The summed E-state index contributed by atoms with van der Waals surface area (Å²) in [6.07, 6.45) is 1.72. The lowest BCUT2D eigenvalue weighted by molar-refractivity contribution is 0.380. The minimum atomic E-state index is 0. The van der Waals surface area contributed by atoms with Crippen LogP contribution >= 0.6 is 24.0 Å². The van der Waals surface area contributed by atoms with Gasteiger partial charge >= 0.3 is 0 Å². The Kier molecular flexibility index (Phi) is 10.4. The Morgan fingerprint density at radius 2 is 1.81 bits per heavy atom. The van der Waals surface area contributed by atoms with E-state index in [9.17, 15) is 0 Å². The zero-order valence-electron chi connectivity index (χ0n) is 17.1. The third kappa shape index (κ3) is 6.52. The monoisotopic (exact) mass is 484 g/mol. The summed E-state index contributed by atoms with van der Waals surface area (Å²) in [5, 5.41) is 11.1. The molecule has 1 unspecified atom stereocenters. The Hall–Kier alpha value is -1.57. The summed E-state index contributed by atoms with van der Waals surface area (Å²) in [5.74, 6) is 2.73. The summed E-state index contributed by atoms with van der Waals surface area (Å²) in [6.45, 7) is 10.2. The molecule has 1 aromatic carbocycles. The first-order valence-corrected chi connectivity index (χ1v) is 9.56. The highest BCUT2D eigenvalue weighted by molar-refractivity contribution is 14.0. The van der Waals surface area contributed by atoms with Gasteiger partial charge in [-0.05, 0) is 17.9 Å². The second-order valence-corrected chi connectivity index (χ2v) is 6.81. The summed E-state index contributed by atoms with van der Waals surface area (Å²) in [6, 6.07) is 10.6. The van der Waals surface area contributed by atoms with E-state index in [0.717, 1.165) is 42.4 Å². The lowest BCUT2D eigenvalue weighted by Crippen LogP contribution is -2.40. The normalized spacial score (nSPS) is 12.6. The van der Waals surface area contributed by atoms with Crippen LogP contribution in [0.3, 0.4) is 0 Å². The molecule has 0 saturated heterocycles. The fourth-order valence-electron chi connectivity index (χ4n) is 3.18. The van der Waals surface area contributed by atoms with Crippen molar-refractivity contribution in [3.8, 4) is 0 Å². The molecule has 1 heterocycles. The van der Waals surface area contributed by atoms with Crippen LogP contribution in [0.2, 0.25) is 0 Å². The van der Waals surface area contributed by atoms with Crippen molar-refractivity contribution >= 4 is 29.9 Å². The van der Waals surface area contributed by atoms with Gasteiger partial charge in [0.25, 0.3) is 0 Å². The number of hydrogen-bond acceptors (Lipinski definition) is 3. The smallest absolute Gasteiger partial charge is 0.191 e. The van der Waals surface area contributed by atoms with Gasteiger partial charge in [0.1, 0.15) is 5.76 Å². The van der Waals surface area contributed by atoms with E-state index in [1.165, 1.54) is 5.56 Å². The van der Waals surface area contributed by atoms with Gasteiger partial charge in [0.2, 0.25) is 0 Å². The van der Waals surface area contributed by atoms with E-state index in [4.69, 9.17) is 4.52 Å². The number of rotatable bonds is 8. The van der Waals surface area contributed by atoms with E-state index < -0.39 is 0 Å². The Labute approximate surface area is 180 Å². The zero-order chi connectivity index (χ0) is 18.9. The molecule has 2 rings (SSSR count). The van der Waals surface area contributed by atoms with E-state index in [2.05, 4.69) is 78.8 Å². The molecule has 27 heavy (non-hydrogen) atoms. The average molecular weight is 484 g/mol. The molecule has 0 aliphatic rings. The maximum absolute atomic E-state index is 5.44. The fraction of sp³-hybridized carbons (Fsp3) is 0.524. The van der Waals surface area contributed by atoms with Gasteiger partial charge in [-0.3, -0.25) is 4.99 Å². The Balaban J connectivity index is 0.00000364. The van der Waals surface area contributed by atoms with E-state index >= 15 is 0 Å². The lowest BCUT2D eigenvalue weighted by atomic mass is 9.88. The predicted octanol–water partition coefficient (Wildman–Crippen LogP) is 4.52. The standard InChI is InChI=1S/C21H32N4O.HI/c1-6-19-18(20(7-2)26-25-19)14-24-21(22-5)23-13-17(15(3)4)16-11-9-8-10-12-16;/h8-12,15,17H,6-7,13-14H2,1-5H3,(H2,22,23,24);1H. The van der Waals surface area contributed by atoms with Crippen molar-refractivity contribution in [1.82, 2.24) is 15.8 Å². The van der Waals surface area contributed by atoms with E-state index in [0.29, 0.717) is 18.4 Å². The van der Waals surface area contributed by atoms with Crippen molar-refractivity contribution in [2.75, 3.05) is 13.6 Å². The van der Waals surface area contributed by atoms with Gasteiger partial charge in [0.05, 0.1) is 5.69 Å². The number of halogens is 1. The van der Waals surface area contributed by atoms with Crippen LogP contribution in [0.15, 0.2) is 39.8 Å². The molecule has 0 saturated carbocycles. The summed E-state index contributed by atoms with van der Waals surface area (Å²) < 4.78 is 5.44. The molecule has 1 aromatic heterocycles. The van der Waals surface area contributed by atoms with Crippen molar-refractivity contribution in [2.45, 2.75) is 53.0 Å². The molecular weight excluding hydrogens is 451 g/mol. The Morgan fingerprint density at radius 3 is 2.37 bits per heavy atom. The highest BCUT2D eigenvalue weighted by atomic mass is 127. The number of hydrogen-bond donors (Lipinski definition) is 2. The van der Waals surface area contributed by atoms with Gasteiger partial charge in [-0.1, -0.05) is 63.2 Å². The Morgan fingerprint density at radius 1 is 1.11 bits per heavy atom. The molecule has 0 aliphatic carbocycles. The fourth-order valence-corrected chi connectivity index (χ4v) is 3.18. The van der Waals surface area contributed by atoms with Gasteiger partial charge in [0, 0.05) is 38.0 Å². The highest BCUT2D eigenvalue weighted by Crippen LogP contribution is 2.23. The quantitative estimate of drug-likeness (QED) is 0.329. The van der Waals surface area contributed by atoms with Crippen molar-refractivity contribution in [3.63, 3.8) is 0 Å². The molecule has 0 spiro atoms. The lowest BCUT2D eigenvalue weighted by Gasteiger charge is -2.23. The topological polar surface area (TPSA) is 62.5 Å². The molecule has 0 bridgehead atoms.